The van der Waals surface area contributed by atoms with Crippen LogP contribution in [0.5, 0.6) is 0 Å². The average molecular weight is 510 g/mol. The second-order valence-corrected chi connectivity index (χ2v) is 10.5. The highest BCUT2D eigenvalue weighted by Gasteiger charge is 2.18. The Morgan fingerprint density at radius 1 is 1.03 bits per heavy atom. The van der Waals surface area contributed by atoms with Gasteiger partial charge >= 0.3 is 5.97 Å². The third-order valence-corrected chi connectivity index (χ3v) is 7.71. The molecule has 0 heterocycles. The Bertz CT molecular complexity index is 1210. The third kappa shape index (κ3) is 5.95. The van der Waals surface area contributed by atoms with Gasteiger partial charge in [-0.15, -0.1) is 0 Å². The van der Waals surface area contributed by atoms with Crippen molar-refractivity contribution in [1.82, 2.24) is 4.72 Å². The van der Waals surface area contributed by atoms with E-state index in [1.54, 1.807) is 19.2 Å². The number of carboxylic acid groups (broad SMARTS) is 1. The zero-order valence-electron chi connectivity index (χ0n) is 20.4. The van der Waals surface area contributed by atoms with Gasteiger partial charge in [0.1, 0.15) is 0 Å². The van der Waals surface area contributed by atoms with Crippen molar-refractivity contribution in [3.05, 3.63) is 76.3 Å². The molecule has 1 aliphatic carbocycles. The standard InChI is InChI=1S/C28H32ClN3O2S/c1-18-15-21(32(3)27-14-9-20(16-24(27)29)19-7-5-4-6-8-19)10-12-25(18)31-26-13-11-22(35-30-2)17-23(26)28(33)34/h9-17,19,30-31H,4-8H2,1-3H3,(H,33,34). The minimum Gasteiger partial charge on any atom is -0.478 e. The largest absolute Gasteiger partial charge is 0.478 e. The molecule has 0 aromatic heterocycles. The van der Waals surface area contributed by atoms with Gasteiger partial charge in [0.2, 0.25) is 0 Å². The molecule has 7 heteroatoms. The first-order chi connectivity index (χ1) is 16.9. The van der Waals surface area contributed by atoms with Crippen LogP contribution in [-0.2, 0) is 0 Å². The topological polar surface area (TPSA) is 64.6 Å². The van der Waals surface area contributed by atoms with Crippen LogP contribution in [0.2, 0.25) is 5.02 Å². The molecule has 0 aliphatic heterocycles. The van der Waals surface area contributed by atoms with Gasteiger partial charge in [-0.25, -0.2) is 4.79 Å². The number of hydrogen-bond donors (Lipinski definition) is 3. The first-order valence-corrected chi connectivity index (χ1v) is 13.2. The zero-order valence-corrected chi connectivity index (χ0v) is 22.0. The van der Waals surface area contributed by atoms with Gasteiger partial charge in [-0.3, -0.25) is 4.72 Å². The van der Waals surface area contributed by atoms with Crippen molar-refractivity contribution in [2.45, 2.75) is 49.8 Å². The fourth-order valence-corrected chi connectivity index (χ4v) is 5.62. The fraction of sp³-hybridized carbons (Fsp3) is 0.321. The number of hydrogen-bond acceptors (Lipinski definition) is 5. The van der Waals surface area contributed by atoms with Gasteiger partial charge in [-0.1, -0.05) is 36.9 Å². The molecular weight excluding hydrogens is 478 g/mol. The van der Waals surface area contributed by atoms with E-state index in [0.29, 0.717) is 11.6 Å². The summed E-state index contributed by atoms with van der Waals surface area (Å²) in [4.78, 5) is 14.8. The first-order valence-electron chi connectivity index (χ1n) is 12.0. The molecule has 0 radical (unpaired) electrons. The predicted molar refractivity (Wildman–Crippen MR) is 148 cm³/mol. The number of aryl methyl sites for hydroxylation is 1. The number of benzene rings is 3. The fourth-order valence-electron chi connectivity index (χ4n) is 4.76. The van der Waals surface area contributed by atoms with Gasteiger partial charge in [-0.05, 0) is 104 Å². The Kier molecular flexibility index (Phi) is 8.26. The van der Waals surface area contributed by atoms with E-state index in [4.69, 9.17) is 11.6 Å². The zero-order chi connectivity index (χ0) is 24.9. The van der Waals surface area contributed by atoms with Gasteiger partial charge in [0.05, 0.1) is 22.0 Å². The summed E-state index contributed by atoms with van der Waals surface area (Å²) in [7, 11) is 3.82. The second-order valence-electron chi connectivity index (χ2n) is 9.05. The van der Waals surface area contributed by atoms with Crippen LogP contribution < -0.4 is 14.9 Å². The van der Waals surface area contributed by atoms with Gasteiger partial charge in [-0.2, -0.15) is 0 Å². The van der Waals surface area contributed by atoms with Crippen molar-refractivity contribution in [1.29, 1.82) is 0 Å². The van der Waals surface area contributed by atoms with Crippen LogP contribution in [0.1, 0.15) is 59.5 Å². The average Bonchev–Trinajstić information content (AvgIpc) is 2.86. The molecule has 1 aliphatic rings. The second kappa shape index (κ2) is 11.4. The number of halogens is 1. The molecular formula is C28H32ClN3O2S. The summed E-state index contributed by atoms with van der Waals surface area (Å²) in [6.45, 7) is 2.01. The maximum Gasteiger partial charge on any atom is 0.337 e. The highest BCUT2D eigenvalue weighted by Crippen LogP contribution is 2.38. The minimum absolute atomic E-state index is 0.232. The van der Waals surface area contributed by atoms with Crippen molar-refractivity contribution in [2.75, 3.05) is 24.3 Å². The summed E-state index contributed by atoms with van der Waals surface area (Å²) in [5.41, 5.74) is 5.98. The number of nitrogens with one attached hydrogen (secondary N) is 2. The molecule has 0 bridgehead atoms. The van der Waals surface area contributed by atoms with E-state index >= 15 is 0 Å². The summed E-state index contributed by atoms with van der Waals surface area (Å²) in [5.74, 6) is -0.346. The van der Waals surface area contributed by atoms with E-state index in [-0.39, 0.29) is 5.56 Å². The lowest BCUT2D eigenvalue weighted by molar-refractivity contribution is 0.0697. The van der Waals surface area contributed by atoms with Crippen molar-refractivity contribution < 1.29 is 9.90 Å². The summed E-state index contributed by atoms with van der Waals surface area (Å²) < 4.78 is 2.97. The van der Waals surface area contributed by atoms with Gasteiger partial charge < -0.3 is 15.3 Å². The normalized spacial score (nSPS) is 14.1. The van der Waals surface area contributed by atoms with Crippen molar-refractivity contribution in [3.8, 4) is 0 Å². The third-order valence-electron chi connectivity index (χ3n) is 6.72. The maximum absolute atomic E-state index is 11.8. The summed E-state index contributed by atoms with van der Waals surface area (Å²) >= 11 is 8.12. The van der Waals surface area contributed by atoms with Crippen LogP contribution in [0.4, 0.5) is 22.7 Å². The lowest BCUT2D eigenvalue weighted by atomic mass is 9.84. The first kappa shape index (κ1) is 25.4. The number of aromatic carboxylic acids is 1. The van der Waals surface area contributed by atoms with Crippen LogP contribution in [-0.4, -0.2) is 25.2 Å². The molecule has 1 saturated carbocycles. The summed E-state index contributed by atoms with van der Waals surface area (Å²) in [5, 5.41) is 13.8. The van der Waals surface area contributed by atoms with E-state index < -0.39 is 5.97 Å². The van der Waals surface area contributed by atoms with Gasteiger partial charge in [0.15, 0.2) is 0 Å². The van der Waals surface area contributed by atoms with Crippen LogP contribution >= 0.6 is 23.5 Å². The van der Waals surface area contributed by atoms with E-state index in [0.717, 1.165) is 32.5 Å². The van der Waals surface area contributed by atoms with Crippen LogP contribution in [0.3, 0.4) is 0 Å². The highest BCUT2D eigenvalue weighted by molar-refractivity contribution is 7.97. The number of carboxylic acids is 1. The lowest BCUT2D eigenvalue weighted by Crippen LogP contribution is -2.11. The van der Waals surface area contributed by atoms with Gasteiger partial charge in [0, 0.05) is 23.3 Å². The molecule has 1 fully saturated rings. The van der Waals surface area contributed by atoms with Crippen molar-refractivity contribution in [3.63, 3.8) is 0 Å². The molecule has 184 valence electrons. The maximum atomic E-state index is 11.8. The molecule has 3 N–H and O–H groups in total. The SMILES string of the molecule is CNSc1ccc(Nc2ccc(N(C)c3ccc(C4CCCCC4)cc3Cl)cc2C)c(C(=O)O)c1. The smallest absolute Gasteiger partial charge is 0.337 e. The molecule has 0 atom stereocenters. The molecule has 0 amide bonds. The van der Waals surface area contributed by atoms with Crippen LogP contribution in [0.25, 0.3) is 0 Å². The number of nitrogens with zero attached hydrogens (tertiary/aromatic N) is 1. The Morgan fingerprint density at radius 2 is 1.77 bits per heavy atom. The number of carbonyl (C=O) groups is 1. The molecule has 3 aromatic carbocycles. The van der Waals surface area contributed by atoms with E-state index in [2.05, 4.69) is 39.2 Å². The van der Waals surface area contributed by atoms with Gasteiger partial charge in [0.25, 0.3) is 0 Å². The number of rotatable bonds is 8. The predicted octanol–water partition coefficient (Wildman–Crippen LogP) is 8.13. The van der Waals surface area contributed by atoms with Crippen LogP contribution in [0, 0.1) is 6.92 Å². The Morgan fingerprint density at radius 3 is 2.43 bits per heavy atom. The Hall–Kier alpha value is -2.67. The molecule has 5 nitrogen and oxygen atoms in total. The van der Waals surface area contributed by atoms with Crippen molar-refractivity contribution in [2.24, 2.45) is 0 Å². The molecule has 4 rings (SSSR count). The minimum atomic E-state index is -0.966. The Labute approximate surface area is 217 Å². The summed E-state index contributed by atoms with van der Waals surface area (Å²) in [6.07, 6.45) is 6.44. The van der Waals surface area contributed by atoms with E-state index in [9.17, 15) is 9.90 Å². The summed E-state index contributed by atoms with van der Waals surface area (Å²) in [6, 6.07) is 17.9. The molecule has 0 spiro atoms. The molecule has 0 saturated heterocycles. The lowest BCUT2D eigenvalue weighted by Gasteiger charge is -2.25. The van der Waals surface area contributed by atoms with E-state index in [1.165, 1.54) is 49.6 Å². The molecule has 0 unspecified atom stereocenters. The van der Waals surface area contributed by atoms with E-state index in [1.807, 2.05) is 32.2 Å². The highest BCUT2D eigenvalue weighted by atomic mass is 35.5. The van der Waals surface area contributed by atoms with Crippen molar-refractivity contribution >= 4 is 52.3 Å². The molecule has 35 heavy (non-hydrogen) atoms. The number of anilines is 4. The molecule has 3 aromatic rings. The Balaban J connectivity index is 1.54. The van der Waals surface area contributed by atoms with Crippen LogP contribution in [0.15, 0.2) is 59.5 Å². The monoisotopic (exact) mass is 509 g/mol. The quantitative estimate of drug-likeness (QED) is 0.266.